The molecule has 2 N–H and O–H groups in total. The molecule has 0 saturated carbocycles. The maximum atomic E-state index is 11.1. The van der Waals surface area contributed by atoms with E-state index in [4.69, 9.17) is 0 Å². The highest BCUT2D eigenvalue weighted by Crippen LogP contribution is 2.13. The Balaban J connectivity index is 0.000000172. The summed E-state index contributed by atoms with van der Waals surface area (Å²) < 4.78 is 5.47. The fourth-order valence-corrected chi connectivity index (χ4v) is 2.33. The van der Waals surface area contributed by atoms with Crippen LogP contribution in [0.4, 0.5) is 0 Å². The van der Waals surface area contributed by atoms with Gasteiger partial charge in [-0.2, -0.15) is 20.4 Å². The van der Waals surface area contributed by atoms with Crippen molar-refractivity contribution in [2.45, 2.75) is 7.43 Å². The lowest BCUT2D eigenvalue weighted by Crippen LogP contribution is -2.01. The van der Waals surface area contributed by atoms with Crippen LogP contribution in [0.2, 0.25) is 0 Å². The third-order valence-electron chi connectivity index (χ3n) is 2.83. The molecule has 0 aliphatic rings. The second-order valence-corrected chi connectivity index (χ2v) is 5.19. The van der Waals surface area contributed by atoms with E-state index in [1.165, 1.54) is 13.3 Å². The summed E-state index contributed by atoms with van der Waals surface area (Å²) in [5.74, 6) is -0.487. The number of nitrogens with zero attached hydrogens (tertiary/aromatic N) is 6. The van der Waals surface area contributed by atoms with Crippen LogP contribution in [0.5, 0.6) is 0 Å². The normalized spacial score (nSPS) is 9.92. The molecule has 0 amide bonds. The summed E-state index contributed by atoms with van der Waals surface area (Å²) in [6.45, 7) is 0. The zero-order valence-corrected chi connectivity index (χ0v) is 13.8. The fraction of sp³-hybridized carbons (Fsp3) is 0.154. The molecule has 10 nitrogen and oxygen atoms in total. The molecule has 24 heavy (non-hydrogen) atoms. The SMILES string of the molecule is C.COC(=O)c1n[nH]c2nnccc12.Ic1n[nH]c2nnccc12. The van der Waals surface area contributed by atoms with Gasteiger partial charge in [0.25, 0.3) is 0 Å². The molecule has 0 aliphatic heterocycles. The van der Waals surface area contributed by atoms with Gasteiger partial charge in [-0.05, 0) is 34.7 Å². The Bertz CT molecular complexity index is 967. The Kier molecular flexibility index (Phi) is 5.68. The van der Waals surface area contributed by atoms with Gasteiger partial charge in [-0.1, -0.05) is 7.43 Å². The number of rotatable bonds is 1. The average Bonchev–Trinajstić information content (AvgIpc) is 3.19. The van der Waals surface area contributed by atoms with Crippen molar-refractivity contribution in [3.63, 3.8) is 0 Å². The summed E-state index contributed by atoms with van der Waals surface area (Å²) in [5.41, 5.74) is 1.45. The fourth-order valence-electron chi connectivity index (χ4n) is 1.77. The number of hydrogen-bond acceptors (Lipinski definition) is 8. The van der Waals surface area contributed by atoms with E-state index in [1.54, 1.807) is 12.3 Å². The van der Waals surface area contributed by atoms with Gasteiger partial charge in [-0.15, -0.1) is 10.2 Å². The number of nitrogens with one attached hydrogen (secondary N) is 2. The molecule has 4 aromatic rings. The highest BCUT2D eigenvalue weighted by atomic mass is 127. The van der Waals surface area contributed by atoms with E-state index >= 15 is 0 Å². The first-order valence-electron chi connectivity index (χ1n) is 6.26. The topological polar surface area (TPSA) is 135 Å². The standard InChI is InChI=1S/C7H6N4O2.C5H3IN4.CH4/c1-13-7(12)5-4-2-3-8-10-6(4)11-9-5;6-4-3-1-2-7-9-5(3)10-8-4;/h2-3H,1H3,(H,9,10,11);1-2H,(H,8,9,10);1H4. The van der Waals surface area contributed by atoms with Crippen molar-refractivity contribution in [1.82, 2.24) is 40.8 Å². The number of aromatic nitrogens is 8. The number of fused-ring (bicyclic) bond motifs is 2. The summed E-state index contributed by atoms with van der Waals surface area (Å²) in [6, 6.07) is 3.53. The van der Waals surface area contributed by atoms with Gasteiger partial charge in [0.15, 0.2) is 17.0 Å². The highest BCUT2D eigenvalue weighted by molar-refractivity contribution is 14.1. The number of esters is 1. The van der Waals surface area contributed by atoms with Crippen LogP contribution in [0.3, 0.4) is 0 Å². The van der Waals surface area contributed by atoms with Crippen LogP contribution in [-0.2, 0) is 4.74 Å². The molecule has 0 saturated heterocycles. The molecule has 11 heteroatoms. The van der Waals surface area contributed by atoms with Crippen LogP contribution in [0.25, 0.3) is 22.1 Å². The van der Waals surface area contributed by atoms with Crippen molar-refractivity contribution < 1.29 is 9.53 Å². The zero-order chi connectivity index (χ0) is 16.2. The first-order chi connectivity index (χ1) is 11.2. The quantitative estimate of drug-likeness (QED) is 0.338. The van der Waals surface area contributed by atoms with Crippen LogP contribution in [0, 0.1) is 3.70 Å². The highest BCUT2D eigenvalue weighted by Gasteiger charge is 2.14. The monoisotopic (exact) mass is 440 g/mol. The molecular formula is C13H13IN8O2. The van der Waals surface area contributed by atoms with E-state index < -0.39 is 5.97 Å². The third-order valence-corrected chi connectivity index (χ3v) is 3.65. The summed E-state index contributed by atoms with van der Waals surface area (Å²) >= 11 is 2.14. The second kappa shape index (κ2) is 7.72. The van der Waals surface area contributed by atoms with Crippen LogP contribution in [-0.4, -0.2) is 53.9 Å². The number of carbonyl (C=O) groups is 1. The summed E-state index contributed by atoms with van der Waals surface area (Å²) in [7, 11) is 1.30. The van der Waals surface area contributed by atoms with Crippen LogP contribution in [0.1, 0.15) is 17.9 Å². The summed E-state index contributed by atoms with van der Waals surface area (Å²) in [5, 5.41) is 29.6. The Morgan fingerprint density at radius 1 is 1.04 bits per heavy atom. The lowest BCUT2D eigenvalue weighted by atomic mass is 10.3. The lowest BCUT2D eigenvalue weighted by molar-refractivity contribution is 0.0596. The minimum Gasteiger partial charge on any atom is -0.464 e. The van der Waals surface area contributed by atoms with Gasteiger partial charge in [0.05, 0.1) is 30.3 Å². The Labute approximate surface area is 149 Å². The third kappa shape index (κ3) is 3.45. The van der Waals surface area contributed by atoms with E-state index in [9.17, 15) is 4.79 Å². The van der Waals surface area contributed by atoms with Crippen LogP contribution in [0.15, 0.2) is 24.5 Å². The molecule has 0 radical (unpaired) electrons. The molecule has 0 aromatic carbocycles. The maximum absolute atomic E-state index is 11.1. The average molecular weight is 440 g/mol. The number of methoxy groups -OCH3 is 1. The van der Waals surface area contributed by atoms with Gasteiger partial charge in [0, 0.05) is 0 Å². The molecular weight excluding hydrogens is 427 g/mol. The largest absolute Gasteiger partial charge is 0.464 e. The Hall–Kier alpha value is -2.70. The number of hydrogen-bond donors (Lipinski definition) is 2. The predicted octanol–water partition coefficient (Wildman–Crippen LogP) is 1.73. The van der Waals surface area contributed by atoms with Crippen LogP contribution >= 0.6 is 22.6 Å². The van der Waals surface area contributed by atoms with Gasteiger partial charge in [-0.25, -0.2) is 4.79 Å². The molecule has 4 heterocycles. The summed E-state index contributed by atoms with van der Waals surface area (Å²) in [6.07, 6.45) is 3.14. The molecule has 0 fully saturated rings. The molecule has 0 spiro atoms. The van der Waals surface area contributed by atoms with Gasteiger partial charge in [-0.3, -0.25) is 10.2 Å². The number of H-pyrrole nitrogens is 2. The first kappa shape index (κ1) is 17.7. The van der Waals surface area contributed by atoms with E-state index in [-0.39, 0.29) is 13.1 Å². The molecule has 0 atom stereocenters. The van der Waals surface area contributed by atoms with E-state index in [0.717, 1.165) is 14.7 Å². The van der Waals surface area contributed by atoms with Gasteiger partial charge < -0.3 is 4.74 Å². The summed E-state index contributed by atoms with van der Waals surface area (Å²) in [4.78, 5) is 11.1. The molecule has 0 aliphatic carbocycles. The van der Waals surface area contributed by atoms with E-state index in [1.807, 2.05) is 6.07 Å². The van der Waals surface area contributed by atoms with Crippen molar-refractivity contribution in [3.8, 4) is 0 Å². The number of halogens is 1. The zero-order valence-electron chi connectivity index (χ0n) is 11.7. The molecule has 0 bridgehead atoms. The van der Waals surface area contributed by atoms with E-state index in [0.29, 0.717) is 11.0 Å². The van der Waals surface area contributed by atoms with Crippen molar-refractivity contribution in [2.24, 2.45) is 0 Å². The molecule has 0 unspecified atom stereocenters. The van der Waals surface area contributed by atoms with Crippen molar-refractivity contribution >= 4 is 50.6 Å². The minimum atomic E-state index is -0.487. The van der Waals surface area contributed by atoms with Crippen molar-refractivity contribution in [2.75, 3.05) is 7.11 Å². The first-order valence-corrected chi connectivity index (χ1v) is 7.34. The maximum Gasteiger partial charge on any atom is 0.359 e. The molecule has 4 aromatic heterocycles. The Morgan fingerprint density at radius 2 is 1.62 bits per heavy atom. The van der Waals surface area contributed by atoms with E-state index in [2.05, 4.69) is 68.1 Å². The van der Waals surface area contributed by atoms with Crippen LogP contribution < -0.4 is 0 Å². The number of ether oxygens (including phenoxy) is 1. The van der Waals surface area contributed by atoms with Gasteiger partial charge in [0.2, 0.25) is 0 Å². The van der Waals surface area contributed by atoms with Gasteiger partial charge in [0.1, 0.15) is 3.70 Å². The predicted molar refractivity (Wildman–Crippen MR) is 94.2 cm³/mol. The second-order valence-electron chi connectivity index (χ2n) is 4.17. The van der Waals surface area contributed by atoms with Crippen molar-refractivity contribution in [3.05, 3.63) is 33.9 Å². The molecule has 4 rings (SSSR count). The lowest BCUT2D eigenvalue weighted by Gasteiger charge is -1.92. The number of carbonyl (C=O) groups excluding carboxylic acids is 1. The van der Waals surface area contributed by atoms with Gasteiger partial charge >= 0.3 is 5.97 Å². The molecule has 124 valence electrons. The minimum absolute atomic E-state index is 0. The Morgan fingerprint density at radius 3 is 2.25 bits per heavy atom. The number of aromatic amines is 2. The smallest absolute Gasteiger partial charge is 0.359 e. The van der Waals surface area contributed by atoms with Crippen molar-refractivity contribution in [1.29, 1.82) is 0 Å².